The quantitative estimate of drug-likeness (QED) is 0.0185. The molecule has 0 aliphatic heterocycles. The third-order valence-corrected chi connectivity index (χ3v) is 6.93. The van der Waals surface area contributed by atoms with E-state index in [1.165, 1.54) is 10.0 Å². The number of nitriles is 2. The van der Waals surface area contributed by atoms with Crippen molar-refractivity contribution in [3.63, 3.8) is 0 Å². The highest BCUT2D eigenvalue weighted by Crippen LogP contribution is 2.13. The van der Waals surface area contributed by atoms with Crippen molar-refractivity contribution in [1.82, 2.24) is 15.1 Å². The lowest BCUT2D eigenvalue weighted by Gasteiger charge is -2.38. The maximum Gasteiger partial charge on any atom is 0.330 e. The van der Waals surface area contributed by atoms with Gasteiger partial charge in [-0.25, -0.2) is 9.59 Å². The Morgan fingerprint density at radius 1 is 0.625 bits per heavy atom. The molecule has 268 valence electrons. The third-order valence-electron chi connectivity index (χ3n) is 6.93. The van der Waals surface area contributed by atoms with E-state index in [2.05, 4.69) is 13.2 Å². The highest BCUT2D eigenvalue weighted by molar-refractivity contribution is 5.81. The minimum Gasteiger partial charge on any atom is -0.458 e. The van der Waals surface area contributed by atoms with Crippen molar-refractivity contribution in [2.75, 3.05) is 46.1 Å². The van der Waals surface area contributed by atoms with Gasteiger partial charge in [0.25, 0.3) is 12.5 Å². The van der Waals surface area contributed by atoms with Gasteiger partial charge in [0.15, 0.2) is 6.10 Å². The first-order valence-corrected chi connectivity index (χ1v) is 16.4. The van der Waals surface area contributed by atoms with Gasteiger partial charge in [0, 0.05) is 38.2 Å². The number of unbranched alkanes of at least 4 members (excludes halogenated alkanes) is 10. The first kappa shape index (κ1) is 43.4. The maximum atomic E-state index is 12.4. The van der Waals surface area contributed by atoms with Crippen LogP contribution in [0.5, 0.6) is 0 Å². The zero-order valence-electron chi connectivity index (χ0n) is 28.0. The second-order valence-electron chi connectivity index (χ2n) is 10.6. The number of ether oxygens (including phenoxy) is 5. The molecule has 0 fully saturated rings. The molecule has 0 rings (SSSR count). The van der Waals surface area contributed by atoms with E-state index in [-0.39, 0.29) is 19.6 Å². The zero-order chi connectivity index (χ0) is 35.7. The fourth-order valence-electron chi connectivity index (χ4n) is 4.43. The molecule has 0 aromatic rings. The molecule has 0 unspecified atom stereocenters. The summed E-state index contributed by atoms with van der Waals surface area (Å²) >= 11 is 0. The molecular formula is C33H51N5O10. The molecule has 0 bridgehead atoms. The lowest BCUT2D eigenvalue weighted by molar-refractivity contribution is -0.186. The SMILES string of the molecule is C=CC(=O)OCC(COC(=O)C=C)OC(=O)CCCCCCCN(N(C=O)CCCCCCOC#N)N(C=O)CCCCCCOC#N. The van der Waals surface area contributed by atoms with Gasteiger partial charge in [0.1, 0.15) is 26.4 Å². The van der Waals surface area contributed by atoms with Gasteiger partial charge < -0.3 is 23.7 Å². The number of hydrazine groups is 2. The molecule has 48 heavy (non-hydrogen) atoms. The Kier molecular flexibility index (Phi) is 28.0. The van der Waals surface area contributed by atoms with Crippen LogP contribution in [0.4, 0.5) is 0 Å². The van der Waals surface area contributed by atoms with Crippen molar-refractivity contribution < 1.29 is 47.7 Å². The first-order valence-electron chi connectivity index (χ1n) is 16.4. The number of esters is 3. The zero-order valence-corrected chi connectivity index (χ0v) is 28.0. The fraction of sp³-hybridized carbons (Fsp3) is 0.667. The Morgan fingerprint density at radius 3 is 1.48 bits per heavy atom. The van der Waals surface area contributed by atoms with Crippen molar-refractivity contribution in [2.45, 2.75) is 96.0 Å². The highest BCUT2D eigenvalue weighted by atomic mass is 16.6. The van der Waals surface area contributed by atoms with E-state index in [0.717, 1.165) is 95.6 Å². The average Bonchev–Trinajstić information content (AvgIpc) is 3.10. The van der Waals surface area contributed by atoms with Crippen LogP contribution in [0.25, 0.3) is 0 Å². The number of nitrogens with zero attached hydrogens (tertiary/aromatic N) is 5. The Bertz CT molecular complexity index is 965. The molecule has 0 atom stereocenters. The van der Waals surface area contributed by atoms with E-state index >= 15 is 0 Å². The molecule has 2 amide bonds. The van der Waals surface area contributed by atoms with Gasteiger partial charge in [-0.05, 0) is 51.4 Å². The fourth-order valence-corrected chi connectivity index (χ4v) is 4.43. The molecule has 0 heterocycles. The molecule has 15 heteroatoms. The van der Waals surface area contributed by atoms with Crippen LogP contribution in [0.15, 0.2) is 25.3 Å². The van der Waals surface area contributed by atoms with Crippen molar-refractivity contribution in [1.29, 1.82) is 10.5 Å². The van der Waals surface area contributed by atoms with Crippen molar-refractivity contribution in [3.8, 4) is 12.5 Å². The number of carbonyl (C=O) groups excluding carboxylic acids is 5. The summed E-state index contributed by atoms with van der Waals surface area (Å²) in [6.07, 6.45) is 15.7. The lowest BCUT2D eigenvalue weighted by atomic mass is 10.1. The Labute approximate surface area is 283 Å². The molecule has 0 aliphatic carbocycles. The van der Waals surface area contributed by atoms with E-state index in [1.807, 2.05) is 0 Å². The summed E-state index contributed by atoms with van der Waals surface area (Å²) in [5, 5.41) is 21.7. The average molecular weight is 678 g/mol. The van der Waals surface area contributed by atoms with Gasteiger partial charge in [0.05, 0.1) is 0 Å². The summed E-state index contributed by atoms with van der Waals surface area (Å²) in [5.41, 5.74) is 0. The van der Waals surface area contributed by atoms with E-state index in [0.29, 0.717) is 45.7 Å². The van der Waals surface area contributed by atoms with Crippen molar-refractivity contribution in [2.24, 2.45) is 0 Å². The standard InChI is InChI=1S/C33H51N5O10/c1-3-31(41)46-24-30(25-47-32(42)4-2)48-33(43)18-12-6-5-7-15-21-38(36(28-39)19-13-8-10-16-22-44-26-34)37(29-40)20-14-9-11-17-23-45-27-35/h3-4,28-30H,1-2,5-25H2. The molecule has 0 saturated heterocycles. The van der Waals surface area contributed by atoms with Gasteiger partial charge in [0.2, 0.25) is 12.8 Å². The van der Waals surface area contributed by atoms with E-state index in [9.17, 15) is 24.0 Å². The van der Waals surface area contributed by atoms with E-state index in [4.69, 9.17) is 34.2 Å². The van der Waals surface area contributed by atoms with Crippen LogP contribution in [-0.4, -0.2) is 98.0 Å². The number of carbonyl (C=O) groups is 5. The van der Waals surface area contributed by atoms with Crippen molar-refractivity contribution >= 4 is 30.7 Å². The summed E-state index contributed by atoms with van der Waals surface area (Å²) < 4.78 is 24.5. The van der Waals surface area contributed by atoms with Gasteiger partial charge >= 0.3 is 17.9 Å². The number of rotatable bonds is 33. The summed E-state index contributed by atoms with van der Waals surface area (Å²) in [7, 11) is 0. The molecule has 15 nitrogen and oxygen atoms in total. The Balaban J connectivity index is 4.84. The predicted molar refractivity (Wildman–Crippen MR) is 172 cm³/mol. The molecule has 0 spiro atoms. The van der Waals surface area contributed by atoms with Crippen LogP contribution >= 0.6 is 0 Å². The third kappa shape index (κ3) is 23.7. The van der Waals surface area contributed by atoms with E-state index in [1.54, 1.807) is 17.6 Å². The lowest BCUT2D eigenvalue weighted by Crippen LogP contribution is -2.53. The van der Waals surface area contributed by atoms with Gasteiger partial charge in [-0.2, -0.15) is 10.5 Å². The second-order valence-corrected chi connectivity index (χ2v) is 10.6. The summed E-state index contributed by atoms with van der Waals surface area (Å²) in [6.45, 7) is 8.06. The summed E-state index contributed by atoms with van der Waals surface area (Å²) in [6, 6.07) is 0. The van der Waals surface area contributed by atoms with E-state index < -0.39 is 24.0 Å². The molecule has 0 aliphatic rings. The Morgan fingerprint density at radius 2 is 1.04 bits per heavy atom. The molecule has 0 radical (unpaired) electrons. The van der Waals surface area contributed by atoms with Crippen LogP contribution in [0.3, 0.4) is 0 Å². The minimum absolute atomic E-state index is 0.122. The maximum absolute atomic E-state index is 12.4. The number of hydrogen-bond donors (Lipinski definition) is 0. The molecule has 0 aromatic carbocycles. The minimum atomic E-state index is -0.965. The van der Waals surface area contributed by atoms with Crippen molar-refractivity contribution in [3.05, 3.63) is 25.3 Å². The monoisotopic (exact) mass is 677 g/mol. The van der Waals surface area contributed by atoms with Crippen LogP contribution in [-0.2, 0) is 47.7 Å². The molecule has 0 N–H and O–H groups in total. The van der Waals surface area contributed by atoms with Gasteiger partial charge in [-0.15, -0.1) is 5.12 Å². The molecule has 0 aromatic heterocycles. The normalized spacial score (nSPS) is 10.2. The smallest absolute Gasteiger partial charge is 0.330 e. The number of hydrogen-bond acceptors (Lipinski definition) is 13. The second kappa shape index (κ2) is 31.0. The Hall–Kier alpha value is -4.63. The number of amides is 2. The topological polar surface area (TPSA) is 189 Å². The summed E-state index contributed by atoms with van der Waals surface area (Å²) in [4.78, 5) is 59.3. The first-order chi connectivity index (χ1) is 23.4. The summed E-state index contributed by atoms with van der Waals surface area (Å²) in [5.74, 6) is -1.92. The van der Waals surface area contributed by atoms with Gasteiger partial charge in [-0.1, -0.05) is 45.3 Å². The highest BCUT2D eigenvalue weighted by Gasteiger charge is 2.21. The van der Waals surface area contributed by atoms with Gasteiger partial charge in [-0.3, -0.25) is 24.4 Å². The van der Waals surface area contributed by atoms with Crippen LogP contribution < -0.4 is 0 Å². The molecular weight excluding hydrogens is 626 g/mol. The largest absolute Gasteiger partial charge is 0.458 e. The predicted octanol–water partition coefficient (Wildman–Crippen LogP) is 3.86. The van der Waals surface area contributed by atoms with Crippen LogP contribution in [0.2, 0.25) is 0 Å². The van der Waals surface area contributed by atoms with Crippen LogP contribution in [0.1, 0.15) is 89.9 Å². The van der Waals surface area contributed by atoms with Crippen LogP contribution in [0, 0.1) is 23.0 Å². The molecule has 0 saturated carbocycles.